The fourth-order valence-electron chi connectivity index (χ4n) is 2.46. The van der Waals surface area contributed by atoms with Gasteiger partial charge in [-0.25, -0.2) is 13.1 Å². The summed E-state index contributed by atoms with van der Waals surface area (Å²) in [6.45, 7) is 2.36. The highest BCUT2D eigenvalue weighted by molar-refractivity contribution is 7.92. The molecule has 0 spiro atoms. The molecule has 2 N–H and O–H groups in total. The summed E-state index contributed by atoms with van der Waals surface area (Å²) in [5.41, 5.74) is 0.773. The number of hydrogen-bond donors (Lipinski definition) is 2. The van der Waals surface area contributed by atoms with Gasteiger partial charge >= 0.3 is 5.97 Å². The molecule has 1 fully saturated rings. The maximum Gasteiger partial charge on any atom is 0.321 e. The average Bonchev–Trinajstić information content (AvgIpc) is 3.50. The van der Waals surface area contributed by atoms with Crippen molar-refractivity contribution in [3.63, 3.8) is 0 Å². The molecule has 1 aromatic rings. The van der Waals surface area contributed by atoms with E-state index < -0.39 is 40.6 Å². The summed E-state index contributed by atoms with van der Waals surface area (Å²) in [7, 11) is -3.83. The van der Waals surface area contributed by atoms with Crippen molar-refractivity contribution >= 4 is 28.0 Å². The molecular formula is C19H23N3O5S. The Morgan fingerprint density at radius 2 is 1.96 bits per heavy atom. The van der Waals surface area contributed by atoms with Gasteiger partial charge in [0, 0.05) is 5.41 Å². The van der Waals surface area contributed by atoms with E-state index in [0.717, 1.165) is 23.8 Å². The van der Waals surface area contributed by atoms with Gasteiger partial charge in [-0.1, -0.05) is 29.8 Å². The van der Waals surface area contributed by atoms with Crippen LogP contribution < -0.4 is 10.0 Å². The molecule has 150 valence electrons. The molecule has 1 aromatic carbocycles. The highest BCUT2D eigenvalue weighted by Crippen LogP contribution is 2.39. The molecule has 1 atom stereocenters. The van der Waals surface area contributed by atoms with Crippen molar-refractivity contribution < 1.29 is 22.7 Å². The van der Waals surface area contributed by atoms with Crippen LogP contribution in [-0.4, -0.2) is 39.0 Å². The van der Waals surface area contributed by atoms with E-state index in [1.54, 1.807) is 19.1 Å². The van der Waals surface area contributed by atoms with Gasteiger partial charge in [0.15, 0.2) is 6.61 Å². The summed E-state index contributed by atoms with van der Waals surface area (Å²) in [6, 6.07) is 9.30. The van der Waals surface area contributed by atoms with Crippen LogP contribution in [0.2, 0.25) is 0 Å². The highest BCUT2D eigenvalue weighted by Gasteiger charge is 2.43. The summed E-state index contributed by atoms with van der Waals surface area (Å²) in [6.07, 6.45) is 3.13. The first-order valence-electron chi connectivity index (χ1n) is 8.76. The topological polar surface area (TPSA) is 125 Å². The first kappa shape index (κ1) is 21.6. The van der Waals surface area contributed by atoms with Crippen LogP contribution >= 0.6 is 0 Å². The normalized spacial score (nSPS) is 16.2. The fourth-order valence-corrected chi connectivity index (χ4v) is 3.21. The Morgan fingerprint density at radius 3 is 2.54 bits per heavy atom. The Bertz CT molecular complexity index is 898. The lowest BCUT2D eigenvalue weighted by molar-refractivity contribution is -0.147. The molecule has 8 nitrogen and oxygen atoms in total. The first-order chi connectivity index (χ1) is 13.1. The molecule has 1 unspecified atom stereocenters. The minimum Gasteiger partial charge on any atom is -0.455 e. The third-order valence-electron chi connectivity index (χ3n) is 4.32. The van der Waals surface area contributed by atoms with Crippen LogP contribution in [0.5, 0.6) is 0 Å². The molecule has 0 saturated heterocycles. The quantitative estimate of drug-likeness (QED) is 0.596. The third kappa shape index (κ3) is 6.79. The van der Waals surface area contributed by atoms with Crippen molar-refractivity contribution in [2.75, 3.05) is 13.2 Å². The van der Waals surface area contributed by atoms with Crippen molar-refractivity contribution in [2.24, 2.45) is 5.92 Å². The number of nitriles is 1. The third-order valence-corrected chi connectivity index (χ3v) is 5.37. The predicted octanol–water partition coefficient (Wildman–Crippen LogP) is 1.24. The lowest BCUT2D eigenvalue weighted by atomic mass is 9.98. The molecule has 28 heavy (non-hydrogen) atoms. The minimum atomic E-state index is -3.83. The summed E-state index contributed by atoms with van der Waals surface area (Å²) in [5.74, 6) is -1.40. The zero-order chi connectivity index (χ0) is 20.8. The van der Waals surface area contributed by atoms with Crippen LogP contribution in [0.15, 0.2) is 29.7 Å². The van der Waals surface area contributed by atoms with Gasteiger partial charge in [-0.05, 0) is 44.2 Å². The maximum absolute atomic E-state index is 11.9. The Morgan fingerprint density at radius 1 is 1.32 bits per heavy atom. The number of amides is 1. The Kier molecular flexibility index (Phi) is 6.94. The number of ether oxygens (including phenoxy) is 1. The maximum atomic E-state index is 11.9. The van der Waals surface area contributed by atoms with Crippen molar-refractivity contribution in [3.8, 4) is 6.07 Å². The molecule has 2 rings (SSSR count). The number of sulfonamides is 1. The van der Waals surface area contributed by atoms with Gasteiger partial charge in [-0.3, -0.25) is 9.59 Å². The number of hydrogen-bond acceptors (Lipinski definition) is 6. The number of rotatable bonds is 9. The summed E-state index contributed by atoms with van der Waals surface area (Å²) in [5, 5.41) is 12.7. The molecule has 1 saturated carbocycles. The SMILES string of the molecule is Cc1ccc(C=CS(=O)(=O)NCC(=O)OCC(=O)NC(C)(C#N)C2CC2)cc1. The number of aryl methyl sites for hydroxylation is 1. The molecule has 0 heterocycles. The van der Waals surface area contributed by atoms with Crippen molar-refractivity contribution in [2.45, 2.75) is 32.2 Å². The number of nitrogens with one attached hydrogen (secondary N) is 2. The predicted molar refractivity (Wildman–Crippen MR) is 103 cm³/mol. The van der Waals surface area contributed by atoms with E-state index in [1.165, 1.54) is 6.08 Å². The van der Waals surface area contributed by atoms with Gasteiger partial charge in [0.25, 0.3) is 5.91 Å². The lowest BCUT2D eigenvalue weighted by Crippen LogP contribution is -2.48. The van der Waals surface area contributed by atoms with Crippen LogP contribution in [0.3, 0.4) is 0 Å². The van der Waals surface area contributed by atoms with Gasteiger partial charge < -0.3 is 10.1 Å². The molecule has 9 heteroatoms. The largest absolute Gasteiger partial charge is 0.455 e. The van der Waals surface area contributed by atoms with Crippen LogP contribution in [-0.2, 0) is 24.3 Å². The zero-order valence-electron chi connectivity index (χ0n) is 15.8. The number of carbonyl (C=O) groups excluding carboxylic acids is 2. The molecule has 1 aliphatic carbocycles. The van der Waals surface area contributed by atoms with E-state index in [2.05, 4.69) is 16.1 Å². The molecule has 1 amide bonds. The molecule has 0 aliphatic heterocycles. The fraction of sp³-hybridized carbons (Fsp3) is 0.421. The van der Waals surface area contributed by atoms with Gasteiger partial charge in [0.1, 0.15) is 12.1 Å². The second-order valence-electron chi connectivity index (χ2n) is 6.88. The van der Waals surface area contributed by atoms with Gasteiger partial charge in [-0.2, -0.15) is 5.26 Å². The lowest BCUT2D eigenvalue weighted by Gasteiger charge is -2.22. The van der Waals surface area contributed by atoms with E-state index in [1.807, 2.05) is 19.1 Å². The van der Waals surface area contributed by atoms with Crippen LogP contribution in [0.1, 0.15) is 30.9 Å². The smallest absolute Gasteiger partial charge is 0.321 e. The van der Waals surface area contributed by atoms with E-state index in [-0.39, 0.29) is 5.92 Å². The van der Waals surface area contributed by atoms with Gasteiger partial charge in [0.2, 0.25) is 10.0 Å². The van der Waals surface area contributed by atoms with Crippen molar-refractivity contribution in [3.05, 3.63) is 40.8 Å². The number of carbonyl (C=O) groups is 2. The highest BCUT2D eigenvalue weighted by atomic mass is 32.2. The summed E-state index contributed by atoms with van der Waals surface area (Å²) >= 11 is 0. The van der Waals surface area contributed by atoms with Crippen LogP contribution in [0.4, 0.5) is 0 Å². The minimum absolute atomic E-state index is 0.101. The van der Waals surface area contributed by atoms with E-state index >= 15 is 0 Å². The summed E-state index contributed by atoms with van der Waals surface area (Å²) < 4.78 is 30.6. The van der Waals surface area contributed by atoms with Crippen LogP contribution in [0.25, 0.3) is 6.08 Å². The van der Waals surface area contributed by atoms with E-state index in [9.17, 15) is 23.3 Å². The Balaban J connectivity index is 1.75. The molecule has 0 radical (unpaired) electrons. The van der Waals surface area contributed by atoms with Gasteiger partial charge in [0.05, 0.1) is 6.07 Å². The van der Waals surface area contributed by atoms with E-state index in [4.69, 9.17) is 4.74 Å². The summed E-state index contributed by atoms with van der Waals surface area (Å²) in [4.78, 5) is 23.5. The van der Waals surface area contributed by atoms with Crippen molar-refractivity contribution in [1.29, 1.82) is 5.26 Å². The second kappa shape index (κ2) is 8.99. The molecule has 1 aliphatic rings. The number of esters is 1. The average molecular weight is 405 g/mol. The van der Waals surface area contributed by atoms with Crippen LogP contribution in [0, 0.1) is 24.2 Å². The molecule has 0 bridgehead atoms. The number of nitrogens with zero attached hydrogens (tertiary/aromatic N) is 1. The Hall–Kier alpha value is -2.70. The second-order valence-corrected chi connectivity index (χ2v) is 8.53. The molecular weight excluding hydrogens is 382 g/mol. The monoisotopic (exact) mass is 405 g/mol. The first-order valence-corrected chi connectivity index (χ1v) is 10.3. The van der Waals surface area contributed by atoms with Gasteiger partial charge in [-0.15, -0.1) is 0 Å². The Labute approximate surface area is 164 Å². The molecule has 0 aromatic heterocycles. The zero-order valence-corrected chi connectivity index (χ0v) is 16.6. The van der Waals surface area contributed by atoms with Crippen molar-refractivity contribution in [1.82, 2.24) is 10.0 Å². The standard InChI is InChI=1S/C19H23N3O5S/c1-14-3-5-15(6-4-14)9-10-28(25,26)21-11-18(24)27-12-17(23)22-19(2,13-20)16-7-8-16/h3-6,9-10,16,21H,7-8,11-12H2,1-2H3,(H,22,23). The van der Waals surface area contributed by atoms with E-state index in [0.29, 0.717) is 5.56 Å². The number of benzene rings is 1.